The van der Waals surface area contributed by atoms with Crippen molar-refractivity contribution in [3.05, 3.63) is 34.1 Å². The van der Waals surface area contributed by atoms with E-state index in [0.717, 1.165) is 29.3 Å². The van der Waals surface area contributed by atoms with Crippen molar-refractivity contribution >= 4 is 15.9 Å². The lowest BCUT2D eigenvalue weighted by Gasteiger charge is -2.44. The fourth-order valence-corrected chi connectivity index (χ4v) is 4.06. The Morgan fingerprint density at radius 3 is 2.86 bits per heavy atom. The van der Waals surface area contributed by atoms with Crippen LogP contribution < -0.4 is 11.3 Å². The number of hydrogen-bond acceptors (Lipinski definition) is 3. The van der Waals surface area contributed by atoms with Crippen molar-refractivity contribution in [2.45, 2.75) is 50.7 Å². The molecule has 5 heteroatoms. The summed E-state index contributed by atoms with van der Waals surface area (Å²) in [7, 11) is 1.75. The number of ether oxygens (including phenoxy) is 1. The van der Waals surface area contributed by atoms with Crippen molar-refractivity contribution in [3.8, 4) is 0 Å². The van der Waals surface area contributed by atoms with Crippen LogP contribution >= 0.6 is 15.9 Å². The van der Waals surface area contributed by atoms with Gasteiger partial charge in [-0.3, -0.25) is 11.3 Å². The van der Waals surface area contributed by atoms with Crippen LogP contribution in [0.25, 0.3) is 0 Å². The standard InChI is InChI=1S/C16H24BrFN2O/c1-11-4-3-5-16(10-11,21-2)15(20-19)8-12-6-13(17)9-14(18)7-12/h6-7,9,11,15,20H,3-5,8,10,19H2,1-2H3. The molecule has 0 aliphatic heterocycles. The van der Waals surface area contributed by atoms with Gasteiger partial charge in [0.05, 0.1) is 11.6 Å². The Labute approximate surface area is 134 Å². The van der Waals surface area contributed by atoms with E-state index < -0.39 is 0 Å². The highest BCUT2D eigenvalue weighted by Crippen LogP contribution is 2.38. The maximum absolute atomic E-state index is 13.6. The van der Waals surface area contributed by atoms with Crippen LogP contribution in [0.3, 0.4) is 0 Å². The number of benzene rings is 1. The van der Waals surface area contributed by atoms with Gasteiger partial charge < -0.3 is 4.74 Å². The van der Waals surface area contributed by atoms with Gasteiger partial charge in [0.2, 0.25) is 0 Å². The number of rotatable bonds is 5. The molecule has 0 spiro atoms. The molecule has 1 aromatic carbocycles. The van der Waals surface area contributed by atoms with Gasteiger partial charge in [-0.25, -0.2) is 4.39 Å². The van der Waals surface area contributed by atoms with Crippen LogP contribution in [0.1, 0.15) is 38.2 Å². The third kappa shape index (κ3) is 4.03. The van der Waals surface area contributed by atoms with E-state index in [4.69, 9.17) is 10.6 Å². The molecule has 1 fully saturated rings. The molecule has 0 aromatic heterocycles. The van der Waals surface area contributed by atoms with Gasteiger partial charge in [-0.05, 0) is 48.9 Å². The molecule has 3 N–H and O–H groups in total. The minimum Gasteiger partial charge on any atom is -0.377 e. The normalized spacial score (nSPS) is 27.6. The van der Waals surface area contributed by atoms with Crippen molar-refractivity contribution in [1.82, 2.24) is 5.43 Å². The highest BCUT2D eigenvalue weighted by Gasteiger charge is 2.41. The van der Waals surface area contributed by atoms with E-state index in [1.165, 1.54) is 12.5 Å². The Balaban J connectivity index is 2.21. The summed E-state index contributed by atoms with van der Waals surface area (Å²) in [4.78, 5) is 0. The summed E-state index contributed by atoms with van der Waals surface area (Å²) in [6.45, 7) is 2.25. The van der Waals surface area contributed by atoms with Crippen LogP contribution in [0.2, 0.25) is 0 Å². The molecular formula is C16H24BrFN2O. The summed E-state index contributed by atoms with van der Waals surface area (Å²) in [6.07, 6.45) is 4.98. The molecule has 3 atom stereocenters. The van der Waals surface area contributed by atoms with E-state index in [2.05, 4.69) is 28.3 Å². The van der Waals surface area contributed by atoms with Gasteiger partial charge in [0.25, 0.3) is 0 Å². The Kier molecular flexibility index (Phi) is 5.77. The molecule has 118 valence electrons. The van der Waals surface area contributed by atoms with E-state index >= 15 is 0 Å². The fraction of sp³-hybridized carbons (Fsp3) is 0.625. The molecule has 1 saturated carbocycles. The summed E-state index contributed by atoms with van der Waals surface area (Å²) in [5.41, 5.74) is 3.55. The molecule has 3 unspecified atom stereocenters. The third-order valence-electron chi connectivity index (χ3n) is 4.60. The highest BCUT2D eigenvalue weighted by molar-refractivity contribution is 9.10. The largest absolute Gasteiger partial charge is 0.377 e. The van der Waals surface area contributed by atoms with Crippen molar-refractivity contribution in [2.75, 3.05) is 7.11 Å². The molecule has 3 nitrogen and oxygen atoms in total. The van der Waals surface area contributed by atoms with Crippen LogP contribution in [-0.4, -0.2) is 18.8 Å². The van der Waals surface area contributed by atoms with E-state index in [1.54, 1.807) is 13.2 Å². The number of nitrogens with two attached hydrogens (primary N) is 1. The maximum Gasteiger partial charge on any atom is 0.124 e. The molecule has 0 heterocycles. The lowest BCUT2D eigenvalue weighted by molar-refractivity contribution is -0.0791. The molecule has 0 saturated heterocycles. The molecule has 21 heavy (non-hydrogen) atoms. The van der Waals surface area contributed by atoms with E-state index in [9.17, 15) is 4.39 Å². The summed E-state index contributed by atoms with van der Waals surface area (Å²) in [5.74, 6) is 6.18. The topological polar surface area (TPSA) is 47.3 Å². The summed E-state index contributed by atoms with van der Waals surface area (Å²) < 4.78 is 20.2. The van der Waals surface area contributed by atoms with Crippen LogP contribution in [0.4, 0.5) is 4.39 Å². The number of nitrogens with one attached hydrogen (secondary N) is 1. The SMILES string of the molecule is COC1(C(Cc2cc(F)cc(Br)c2)NN)CCCC(C)C1. The summed E-state index contributed by atoms with van der Waals surface area (Å²) in [6, 6.07) is 4.93. The molecular weight excluding hydrogens is 335 g/mol. The Morgan fingerprint density at radius 1 is 1.52 bits per heavy atom. The van der Waals surface area contributed by atoms with Gasteiger partial charge in [0, 0.05) is 11.6 Å². The maximum atomic E-state index is 13.6. The number of methoxy groups -OCH3 is 1. The molecule has 0 radical (unpaired) electrons. The molecule has 0 amide bonds. The van der Waals surface area contributed by atoms with Gasteiger partial charge in [-0.2, -0.15) is 0 Å². The fourth-order valence-electron chi connectivity index (χ4n) is 3.55. The monoisotopic (exact) mass is 358 g/mol. The van der Waals surface area contributed by atoms with Crippen molar-refractivity contribution in [2.24, 2.45) is 11.8 Å². The predicted octanol–water partition coefficient (Wildman–Crippen LogP) is 3.56. The smallest absolute Gasteiger partial charge is 0.124 e. The first-order chi connectivity index (χ1) is 9.99. The van der Waals surface area contributed by atoms with Crippen molar-refractivity contribution in [3.63, 3.8) is 0 Å². The summed E-state index contributed by atoms with van der Waals surface area (Å²) in [5, 5.41) is 0. The zero-order valence-electron chi connectivity index (χ0n) is 12.7. The van der Waals surface area contributed by atoms with E-state index in [1.807, 2.05) is 6.07 Å². The number of halogens is 2. The quantitative estimate of drug-likeness (QED) is 0.624. The summed E-state index contributed by atoms with van der Waals surface area (Å²) >= 11 is 3.34. The predicted molar refractivity (Wildman–Crippen MR) is 86.3 cm³/mol. The Bertz CT molecular complexity index is 465. The average Bonchev–Trinajstić information content (AvgIpc) is 2.43. The lowest BCUT2D eigenvalue weighted by atomic mass is 9.73. The van der Waals surface area contributed by atoms with E-state index in [-0.39, 0.29) is 17.5 Å². The first-order valence-corrected chi connectivity index (χ1v) is 8.24. The number of hydrazine groups is 1. The Morgan fingerprint density at radius 2 is 2.29 bits per heavy atom. The zero-order chi connectivity index (χ0) is 15.5. The van der Waals surface area contributed by atoms with Gasteiger partial charge in [-0.1, -0.05) is 35.7 Å². The van der Waals surface area contributed by atoms with Crippen molar-refractivity contribution in [1.29, 1.82) is 0 Å². The van der Waals surface area contributed by atoms with Gasteiger partial charge in [0.15, 0.2) is 0 Å². The van der Waals surface area contributed by atoms with Gasteiger partial charge >= 0.3 is 0 Å². The molecule has 2 rings (SSSR count). The highest BCUT2D eigenvalue weighted by atomic mass is 79.9. The Hall–Kier alpha value is -0.490. The first-order valence-electron chi connectivity index (χ1n) is 7.45. The second kappa shape index (κ2) is 7.18. The lowest BCUT2D eigenvalue weighted by Crippen LogP contribution is -2.57. The first kappa shape index (κ1) is 16.9. The number of hydrogen-bond donors (Lipinski definition) is 2. The third-order valence-corrected chi connectivity index (χ3v) is 5.05. The zero-order valence-corrected chi connectivity index (χ0v) is 14.2. The van der Waals surface area contributed by atoms with Crippen LogP contribution in [-0.2, 0) is 11.2 Å². The van der Waals surface area contributed by atoms with E-state index in [0.29, 0.717) is 12.3 Å². The van der Waals surface area contributed by atoms with Crippen LogP contribution in [0.15, 0.2) is 22.7 Å². The van der Waals surface area contributed by atoms with Gasteiger partial charge in [-0.15, -0.1) is 0 Å². The molecule has 1 aliphatic rings. The second-order valence-corrected chi connectivity index (χ2v) is 7.09. The van der Waals surface area contributed by atoms with Crippen LogP contribution in [0.5, 0.6) is 0 Å². The van der Waals surface area contributed by atoms with Crippen molar-refractivity contribution < 1.29 is 9.13 Å². The molecule has 1 aromatic rings. The average molecular weight is 359 g/mol. The minimum absolute atomic E-state index is 0.0288. The molecule has 0 bridgehead atoms. The van der Waals surface area contributed by atoms with Crippen LogP contribution in [0, 0.1) is 11.7 Å². The minimum atomic E-state index is -0.273. The van der Waals surface area contributed by atoms with Gasteiger partial charge in [0.1, 0.15) is 5.82 Å². The second-order valence-electron chi connectivity index (χ2n) is 6.17. The molecule has 1 aliphatic carbocycles.